The SMILES string of the molecule is CN(C)S(=O)(=O)CCNS(=O)(=O)c1cc(C(=O)O)oc1Br. The van der Waals surface area contributed by atoms with Gasteiger partial charge in [0.1, 0.15) is 4.90 Å². The van der Waals surface area contributed by atoms with Crippen LogP contribution in [-0.2, 0) is 20.0 Å². The number of carbonyl (C=O) groups is 1. The number of carboxylic acid groups (broad SMARTS) is 1. The Labute approximate surface area is 130 Å². The van der Waals surface area contributed by atoms with Crippen LogP contribution >= 0.6 is 15.9 Å². The van der Waals surface area contributed by atoms with Gasteiger partial charge in [-0.05, 0) is 15.9 Å². The molecule has 1 aromatic heterocycles. The fraction of sp³-hybridized carbons (Fsp3) is 0.444. The third kappa shape index (κ3) is 4.51. The number of nitrogens with zero attached hydrogens (tertiary/aromatic N) is 1. The molecule has 0 saturated heterocycles. The summed E-state index contributed by atoms with van der Waals surface area (Å²) in [6.45, 7) is -0.358. The van der Waals surface area contributed by atoms with Crippen molar-refractivity contribution in [3.8, 4) is 0 Å². The predicted octanol–water partition coefficient (Wildman–Crippen LogP) is -0.0900. The van der Waals surface area contributed by atoms with E-state index in [2.05, 4.69) is 20.7 Å². The Morgan fingerprint density at radius 1 is 1.38 bits per heavy atom. The largest absolute Gasteiger partial charge is 0.475 e. The molecule has 9 nitrogen and oxygen atoms in total. The molecular weight excluding hydrogens is 392 g/mol. The molecule has 0 amide bonds. The minimum atomic E-state index is -4.09. The molecule has 0 spiro atoms. The van der Waals surface area contributed by atoms with Gasteiger partial charge in [0.2, 0.25) is 25.8 Å². The highest BCUT2D eigenvalue weighted by Crippen LogP contribution is 2.25. The summed E-state index contributed by atoms with van der Waals surface area (Å²) in [5, 5.41) is 8.72. The molecule has 12 heteroatoms. The Hall–Kier alpha value is -0.950. The average Bonchev–Trinajstić information content (AvgIpc) is 2.71. The molecule has 0 saturated carbocycles. The maximum atomic E-state index is 11.9. The number of halogens is 1. The minimum Gasteiger partial charge on any atom is -0.475 e. The van der Waals surface area contributed by atoms with Crippen molar-refractivity contribution in [2.75, 3.05) is 26.4 Å². The lowest BCUT2D eigenvalue weighted by Crippen LogP contribution is -2.33. The molecule has 1 rings (SSSR count). The zero-order chi connectivity index (χ0) is 16.4. The third-order valence-electron chi connectivity index (χ3n) is 2.36. The van der Waals surface area contributed by atoms with Crippen LogP contribution in [0.4, 0.5) is 0 Å². The van der Waals surface area contributed by atoms with Gasteiger partial charge in [0.25, 0.3) is 0 Å². The molecule has 0 aromatic carbocycles. The van der Waals surface area contributed by atoms with Crippen LogP contribution in [0.2, 0.25) is 0 Å². The first-order valence-electron chi connectivity index (χ1n) is 5.40. The van der Waals surface area contributed by atoms with E-state index in [0.29, 0.717) is 0 Å². The Bertz CT molecular complexity index is 736. The maximum absolute atomic E-state index is 11.9. The number of hydrogen-bond acceptors (Lipinski definition) is 6. The second kappa shape index (κ2) is 6.44. The summed E-state index contributed by atoms with van der Waals surface area (Å²) < 4.78 is 54.4. The molecule has 0 aliphatic carbocycles. The normalized spacial score (nSPS) is 12.8. The van der Waals surface area contributed by atoms with Crippen molar-refractivity contribution in [3.05, 3.63) is 16.5 Å². The quantitative estimate of drug-likeness (QED) is 0.648. The van der Waals surface area contributed by atoms with Gasteiger partial charge in [-0.25, -0.2) is 30.7 Å². The number of furan rings is 1. The zero-order valence-corrected chi connectivity index (χ0v) is 14.2. The van der Waals surface area contributed by atoms with Crippen molar-refractivity contribution in [2.24, 2.45) is 0 Å². The molecule has 1 heterocycles. The van der Waals surface area contributed by atoms with Crippen LogP contribution in [0, 0.1) is 0 Å². The zero-order valence-electron chi connectivity index (χ0n) is 11.0. The standard InChI is InChI=1S/C9H13BrN2O7S2/c1-12(2)20(15,16)4-3-11-21(17,18)7-5-6(9(13)14)19-8(7)10/h5,11H,3-4H2,1-2H3,(H,13,14). The molecule has 0 fully saturated rings. The van der Waals surface area contributed by atoms with Crippen molar-refractivity contribution in [2.45, 2.75) is 4.90 Å². The summed E-state index contributed by atoms with van der Waals surface area (Å²) in [5.74, 6) is -2.41. The molecular formula is C9H13BrN2O7S2. The second-order valence-electron chi connectivity index (χ2n) is 4.05. The molecule has 21 heavy (non-hydrogen) atoms. The molecule has 0 aliphatic heterocycles. The van der Waals surface area contributed by atoms with E-state index < -0.39 is 42.4 Å². The highest BCUT2D eigenvalue weighted by molar-refractivity contribution is 9.10. The highest BCUT2D eigenvalue weighted by Gasteiger charge is 2.25. The first-order chi connectivity index (χ1) is 9.47. The number of carboxylic acids is 1. The summed E-state index contributed by atoms with van der Waals surface area (Å²) >= 11 is 2.80. The van der Waals surface area contributed by atoms with E-state index in [4.69, 9.17) is 9.52 Å². The third-order valence-corrected chi connectivity index (χ3v) is 6.51. The lowest BCUT2D eigenvalue weighted by molar-refractivity contribution is 0.0661. The van der Waals surface area contributed by atoms with E-state index in [-0.39, 0.29) is 11.2 Å². The van der Waals surface area contributed by atoms with Crippen LogP contribution < -0.4 is 4.72 Å². The Balaban J connectivity index is 2.86. The molecule has 0 radical (unpaired) electrons. The fourth-order valence-electron chi connectivity index (χ4n) is 1.21. The van der Waals surface area contributed by atoms with Gasteiger partial charge in [-0.1, -0.05) is 0 Å². The van der Waals surface area contributed by atoms with Gasteiger partial charge in [0, 0.05) is 26.7 Å². The van der Waals surface area contributed by atoms with Crippen molar-refractivity contribution in [1.82, 2.24) is 9.03 Å². The summed E-state index contributed by atoms with van der Waals surface area (Å²) in [6.07, 6.45) is 0. The fourth-order valence-corrected chi connectivity index (χ4v) is 4.03. The van der Waals surface area contributed by atoms with Crippen LogP contribution in [-0.4, -0.2) is 58.6 Å². The smallest absolute Gasteiger partial charge is 0.371 e. The van der Waals surface area contributed by atoms with E-state index in [9.17, 15) is 21.6 Å². The van der Waals surface area contributed by atoms with Gasteiger partial charge in [-0.15, -0.1) is 0 Å². The number of sulfonamides is 2. The second-order valence-corrected chi connectivity index (χ2v) is 8.81. The summed E-state index contributed by atoms with van der Waals surface area (Å²) in [5.41, 5.74) is 0. The summed E-state index contributed by atoms with van der Waals surface area (Å²) in [7, 11) is -4.97. The number of aromatic carboxylic acids is 1. The number of hydrogen-bond donors (Lipinski definition) is 2. The summed E-state index contributed by atoms with van der Waals surface area (Å²) in [6, 6.07) is 0.829. The lowest BCUT2D eigenvalue weighted by Gasteiger charge is -2.11. The first kappa shape index (κ1) is 18.1. The van der Waals surface area contributed by atoms with Crippen molar-refractivity contribution in [3.63, 3.8) is 0 Å². The van der Waals surface area contributed by atoms with Gasteiger partial charge in [-0.2, -0.15) is 0 Å². The van der Waals surface area contributed by atoms with Crippen LogP contribution in [0.3, 0.4) is 0 Å². The first-order valence-corrected chi connectivity index (χ1v) is 9.28. The van der Waals surface area contributed by atoms with Gasteiger partial charge < -0.3 is 9.52 Å². The van der Waals surface area contributed by atoms with E-state index in [0.717, 1.165) is 10.4 Å². The van der Waals surface area contributed by atoms with Crippen molar-refractivity contribution in [1.29, 1.82) is 0 Å². The van der Waals surface area contributed by atoms with E-state index in [1.54, 1.807) is 0 Å². The van der Waals surface area contributed by atoms with Crippen LogP contribution in [0.5, 0.6) is 0 Å². The van der Waals surface area contributed by atoms with Gasteiger partial charge in [0.15, 0.2) is 4.67 Å². The molecule has 0 atom stereocenters. The molecule has 0 aliphatic rings. The van der Waals surface area contributed by atoms with E-state index >= 15 is 0 Å². The van der Waals surface area contributed by atoms with Crippen molar-refractivity contribution >= 4 is 41.9 Å². The van der Waals surface area contributed by atoms with Gasteiger partial charge >= 0.3 is 5.97 Å². The lowest BCUT2D eigenvalue weighted by atomic mass is 10.5. The topological polar surface area (TPSA) is 134 Å². The maximum Gasteiger partial charge on any atom is 0.371 e. The minimum absolute atomic E-state index is 0.275. The number of rotatable bonds is 7. The molecule has 1 aromatic rings. The Morgan fingerprint density at radius 2 is 1.95 bits per heavy atom. The van der Waals surface area contributed by atoms with Gasteiger partial charge in [0.05, 0.1) is 5.75 Å². The highest BCUT2D eigenvalue weighted by atomic mass is 79.9. The molecule has 120 valence electrons. The molecule has 2 N–H and O–H groups in total. The average molecular weight is 405 g/mol. The van der Waals surface area contributed by atoms with Crippen LogP contribution in [0.1, 0.15) is 10.6 Å². The summed E-state index contributed by atoms with van der Waals surface area (Å²) in [4.78, 5) is 10.3. The van der Waals surface area contributed by atoms with E-state index in [1.165, 1.54) is 14.1 Å². The monoisotopic (exact) mass is 404 g/mol. The molecule has 0 bridgehead atoms. The molecule has 0 unspecified atom stereocenters. The van der Waals surface area contributed by atoms with Crippen molar-refractivity contribution < 1.29 is 31.2 Å². The van der Waals surface area contributed by atoms with Crippen LogP contribution in [0.25, 0.3) is 0 Å². The Morgan fingerprint density at radius 3 is 2.38 bits per heavy atom. The van der Waals surface area contributed by atoms with E-state index in [1.807, 2.05) is 0 Å². The Kier molecular flexibility index (Phi) is 5.55. The number of nitrogens with one attached hydrogen (secondary N) is 1. The predicted molar refractivity (Wildman–Crippen MR) is 76.0 cm³/mol. The van der Waals surface area contributed by atoms with Gasteiger partial charge in [-0.3, -0.25) is 0 Å². The van der Waals surface area contributed by atoms with Crippen LogP contribution in [0.15, 0.2) is 20.0 Å².